The molecule has 26 heavy (non-hydrogen) atoms. The zero-order valence-corrected chi connectivity index (χ0v) is 14.5. The van der Waals surface area contributed by atoms with Crippen LogP contribution in [0.25, 0.3) is 0 Å². The van der Waals surface area contributed by atoms with Crippen molar-refractivity contribution in [1.29, 1.82) is 0 Å². The number of aromatic carboxylic acids is 1. The van der Waals surface area contributed by atoms with Crippen LogP contribution in [0.3, 0.4) is 0 Å². The molecule has 0 aromatic heterocycles. The van der Waals surface area contributed by atoms with Crippen LogP contribution >= 0.6 is 11.8 Å². The number of nitrogens with one attached hydrogen (secondary N) is 3. The number of anilines is 1. The maximum absolute atomic E-state index is 12.0. The molecule has 136 valence electrons. The van der Waals surface area contributed by atoms with Crippen molar-refractivity contribution in [2.75, 3.05) is 11.1 Å². The zero-order valence-electron chi connectivity index (χ0n) is 13.7. The van der Waals surface area contributed by atoms with Crippen molar-refractivity contribution in [2.45, 2.75) is 43.0 Å². The molecular weight excluding hydrogens is 365 g/mol. The van der Waals surface area contributed by atoms with Crippen molar-refractivity contribution in [3.8, 4) is 0 Å². The molecule has 0 saturated carbocycles. The van der Waals surface area contributed by atoms with E-state index in [2.05, 4.69) is 16.0 Å². The van der Waals surface area contributed by atoms with Gasteiger partial charge in [0.2, 0.25) is 5.91 Å². The van der Waals surface area contributed by atoms with E-state index in [1.807, 2.05) is 11.8 Å². The Morgan fingerprint density at radius 1 is 1.19 bits per heavy atom. The molecule has 0 bridgehead atoms. The first-order valence-electron chi connectivity index (χ1n) is 8.35. The molecule has 2 saturated heterocycles. The van der Waals surface area contributed by atoms with Crippen LogP contribution in [0.2, 0.25) is 0 Å². The van der Waals surface area contributed by atoms with E-state index < -0.39 is 5.97 Å². The first-order valence-corrected chi connectivity index (χ1v) is 9.39. The Bertz CT molecular complexity index is 670. The molecule has 0 aliphatic carbocycles. The fourth-order valence-corrected chi connectivity index (χ4v) is 4.74. The van der Waals surface area contributed by atoms with Crippen LogP contribution in [0.15, 0.2) is 24.3 Å². The molecular formula is C17H22N3NaO4S. The van der Waals surface area contributed by atoms with Gasteiger partial charge in [0.05, 0.1) is 17.6 Å². The molecule has 2 heterocycles. The van der Waals surface area contributed by atoms with Crippen LogP contribution < -0.4 is 16.0 Å². The van der Waals surface area contributed by atoms with Gasteiger partial charge in [-0.15, -0.1) is 0 Å². The molecule has 7 nitrogen and oxygen atoms in total. The van der Waals surface area contributed by atoms with Crippen LogP contribution in [0.5, 0.6) is 0 Å². The number of rotatable bonds is 7. The predicted molar refractivity (Wildman–Crippen MR) is 103 cm³/mol. The van der Waals surface area contributed by atoms with Gasteiger partial charge in [-0.3, -0.25) is 4.79 Å². The average molecular weight is 387 g/mol. The van der Waals surface area contributed by atoms with Crippen molar-refractivity contribution < 1.29 is 19.5 Å². The monoisotopic (exact) mass is 387 g/mol. The van der Waals surface area contributed by atoms with Gasteiger partial charge in [-0.05, 0) is 37.1 Å². The molecule has 2 aliphatic rings. The van der Waals surface area contributed by atoms with Crippen LogP contribution in [-0.2, 0) is 4.79 Å². The third-order valence-corrected chi connectivity index (χ3v) is 6.00. The SMILES string of the molecule is O=C(CCCCC1SC[C@@H]2NC(=O)N[C@H]12)Nc1ccc(C(=O)O)cc1.[NaH]. The topological polar surface area (TPSA) is 108 Å². The van der Waals surface area contributed by atoms with Gasteiger partial charge in [-0.25, -0.2) is 9.59 Å². The predicted octanol–water partition coefficient (Wildman–Crippen LogP) is 1.40. The van der Waals surface area contributed by atoms with Crippen molar-refractivity contribution >= 4 is 64.9 Å². The van der Waals surface area contributed by atoms with Crippen LogP contribution in [-0.4, -0.2) is 75.7 Å². The minimum atomic E-state index is -0.987. The van der Waals surface area contributed by atoms with E-state index >= 15 is 0 Å². The number of hydrogen-bond acceptors (Lipinski definition) is 4. The van der Waals surface area contributed by atoms with E-state index in [-0.39, 0.29) is 59.1 Å². The van der Waals surface area contributed by atoms with Gasteiger partial charge in [0.1, 0.15) is 0 Å². The molecule has 3 amide bonds. The van der Waals surface area contributed by atoms with Crippen LogP contribution in [0.4, 0.5) is 10.5 Å². The van der Waals surface area contributed by atoms with Crippen molar-refractivity contribution in [3.63, 3.8) is 0 Å². The fourth-order valence-electron chi connectivity index (χ4n) is 3.19. The Hall–Kier alpha value is -1.22. The van der Waals surface area contributed by atoms with Crippen LogP contribution in [0.1, 0.15) is 36.0 Å². The van der Waals surface area contributed by atoms with Gasteiger partial charge in [0, 0.05) is 23.1 Å². The summed E-state index contributed by atoms with van der Waals surface area (Å²) in [5.41, 5.74) is 0.794. The normalized spacial score (nSPS) is 23.4. The third-order valence-electron chi connectivity index (χ3n) is 4.50. The van der Waals surface area contributed by atoms with Gasteiger partial charge < -0.3 is 21.1 Å². The summed E-state index contributed by atoms with van der Waals surface area (Å²) in [5.74, 6) is -0.115. The number of hydrogen-bond donors (Lipinski definition) is 4. The number of urea groups is 1. The molecule has 2 fully saturated rings. The summed E-state index contributed by atoms with van der Waals surface area (Å²) >= 11 is 1.88. The quantitative estimate of drug-likeness (QED) is 0.321. The van der Waals surface area contributed by atoms with E-state index in [1.165, 1.54) is 12.1 Å². The number of unbranched alkanes of at least 4 members (excludes halogenated alkanes) is 1. The minimum absolute atomic E-state index is 0. The number of thioether (sulfide) groups is 1. The fraction of sp³-hybridized carbons (Fsp3) is 0.471. The molecule has 0 radical (unpaired) electrons. The molecule has 2 aliphatic heterocycles. The van der Waals surface area contributed by atoms with Crippen molar-refractivity contribution in [1.82, 2.24) is 10.6 Å². The summed E-state index contributed by atoms with van der Waals surface area (Å²) in [6, 6.07) is 6.48. The molecule has 4 N–H and O–H groups in total. The Labute approximate surface area is 178 Å². The Morgan fingerprint density at radius 3 is 2.62 bits per heavy atom. The van der Waals surface area contributed by atoms with Gasteiger partial charge >= 0.3 is 41.6 Å². The first kappa shape index (κ1) is 21.1. The van der Waals surface area contributed by atoms with Crippen molar-refractivity contribution in [2.24, 2.45) is 0 Å². The Morgan fingerprint density at radius 2 is 1.92 bits per heavy atom. The average Bonchev–Trinajstić information content (AvgIpc) is 3.11. The molecule has 3 rings (SSSR count). The Kier molecular flexibility index (Phi) is 7.82. The molecule has 1 aromatic carbocycles. The zero-order chi connectivity index (χ0) is 17.8. The second-order valence-electron chi connectivity index (χ2n) is 6.30. The summed E-state index contributed by atoms with van der Waals surface area (Å²) < 4.78 is 0. The van der Waals surface area contributed by atoms with Gasteiger partial charge in [-0.2, -0.15) is 11.8 Å². The van der Waals surface area contributed by atoms with Gasteiger partial charge in [0.25, 0.3) is 0 Å². The first-order chi connectivity index (χ1) is 12.0. The Balaban J connectivity index is 0.00000243. The molecule has 3 atom stereocenters. The maximum atomic E-state index is 12.0. The number of benzene rings is 1. The number of amides is 3. The third kappa shape index (κ3) is 5.39. The van der Waals surface area contributed by atoms with E-state index in [4.69, 9.17) is 5.11 Å². The number of carbonyl (C=O) groups excluding carboxylic acids is 2. The van der Waals surface area contributed by atoms with E-state index in [1.54, 1.807) is 12.1 Å². The summed E-state index contributed by atoms with van der Waals surface area (Å²) in [6.45, 7) is 0. The number of carboxylic acids is 1. The molecule has 1 unspecified atom stereocenters. The summed E-state index contributed by atoms with van der Waals surface area (Å²) in [6.07, 6.45) is 3.13. The van der Waals surface area contributed by atoms with Gasteiger partial charge in [0.15, 0.2) is 0 Å². The second-order valence-corrected chi connectivity index (χ2v) is 7.57. The molecule has 1 aromatic rings. The van der Waals surface area contributed by atoms with Crippen LogP contribution in [0, 0.1) is 0 Å². The van der Waals surface area contributed by atoms with Crippen molar-refractivity contribution in [3.05, 3.63) is 29.8 Å². The molecule has 9 heteroatoms. The second kappa shape index (κ2) is 9.64. The number of carbonyl (C=O) groups is 3. The summed E-state index contributed by atoms with van der Waals surface area (Å²) in [4.78, 5) is 34.1. The summed E-state index contributed by atoms with van der Waals surface area (Å²) in [5, 5.41) is 17.9. The standard InChI is InChI=1S/C17H21N3O4S.Na.H/c21-14(18-11-7-5-10(6-8-11)16(22)23)4-2-1-3-13-15-12(9-25-13)19-17(24)20-15;;/h5-8,12-13,15H,1-4,9H2,(H,18,21)(H,22,23)(H2,19,20,24);;/t12-,13?,15-;;/m0../s1. The summed E-state index contributed by atoms with van der Waals surface area (Å²) in [7, 11) is 0. The number of carboxylic acid groups (broad SMARTS) is 1. The number of fused-ring (bicyclic) bond motifs is 1. The van der Waals surface area contributed by atoms with E-state index in [0.29, 0.717) is 17.4 Å². The van der Waals surface area contributed by atoms with Gasteiger partial charge in [-0.1, -0.05) is 6.42 Å². The molecule has 0 spiro atoms. The van der Waals surface area contributed by atoms with E-state index in [0.717, 1.165) is 25.0 Å². The van der Waals surface area contributed by atoms with E-state index in [9.17, 15) is 14.4 Å².